The molecule has 1 aromatic carbocycles. The fourth-order valence-electron chi connectivity index (χ4n) is 1.60. The van der Waals surface area contributed by atoms with Gasteiger partial charge in [0.15, 0.2) is 0 Å². The minimum absolute atomic E-state index is 0.762. The lowest BCUT2D eigenvalue weighted by Gasteiger charge is -2.06. The molecule has 18 heavy (non-hydrogen) atoms. The zero-order chi connectivity index (χ0) is 13.0. The van der Waals surface area contributed by atoms with Crippen molar-refractivity contribution >= 4 is 11.4 Å². The van der Waals surface area contributed by atoms with Crippen molar-refractivity contribution in [3.05, 3.63) is 48.0 Å². The molecule has 0 aliphatic heterocycles. The number of methoxy groups -OCH3 is 1. The summed E-state index contributed by atoms with van der Waals surface area (Å²) >= 11 is 0. The summed E-state index contributed by atoms with van der Waals surface area (Å²) in [6.45, 7) is 3.93. The van der Waals surface area contributed by atoms with Gasteiger partial charge in [0.1, 0.15) is 17.1 Å². The SMILES string of the molecule is COc1cc(C)ccc1N=C(C)c1cnccn1. The number of ether oxygens (including phenoxy) is 1. The second-order valence-corrected chi connectivity index (χ2v) is 3.96. The molecule has 0 aliphatic rings. The van der Waals surface area contributed by atoms with E-state index in [9.17, 15) is 0 Å². The zero-order valence-corrected chi connectivity index (χ0v) is 10.7. The highest BCUT2D eigenvalue weighted by Crippen LogP contribution is 2.28. The van der Waals surface area contributed by atoms with E-state index in [1.165, 1.54) is 0 Å². The average Bonchev–Trinajstić information content (AvgIpc) is 2.41. The molecule has 2 rings (SSSR count). The van der Waals surface area contributed by atoms with Gasteiger partial charge in [-0.1, -0.05) is 6.07 Å². The summed E-state index contributed by atoms with van der Waals surface area (Å²) < 4.78 is 5.32. The predicted molar refractivity (Wildman–Crippen MR) is 71.6 cm³/mol. The molecule has 0 radical (unpaired) electrons. The van der Waals surface area contributed by atoms with E-state index in [0.29, 0.717) is 0 Å². The third kappa shape index (κ3) is 2.71. The average molecular weight is 241 g/mol. The van der Waals surface area contributed by atoms with Crippen LogP contribution in [0, 0.1) is 6.92 Å². The van der Waals surface area contributed by atoms with Crippen LogP contribution in [0.5, 0.6) is 5.75 Å². The van der Waals surface area contributed by atoms with Crippen LogP contribution < -0.4 is 4.74 Å². The molecular formula is C14H15N3O. The number of hydrogen-bond donors (Lipinski definition) is 0. The van der Waals surface area contributed by atoms with Crippen LogP contribution in [-0.4, -0.2) is 22.8 Å². The molecule has 4 heteroatoms. The summed E-state index contributed by atoms with van der Waals surface area (Å²) in [5.74, 6) is 0.762. The smallest absolute Gasteiger partial charge is 0.144 e. The van der Waals surface area contributed by atoms with E-state index in [4.69, 9.17) is 4.74 Å². The van der Waals surface area contributed by atoms with Gasteiger partial charge in [0, 0.05) is 12.4 Å². The number of aryl methyl sites for hydroxylation is 1. The molecule has 0 unspecified atom stereocenters. The Labute approximate surface area is 106 Å². The molecule has 2 aromatic rings. The maximum absolute atomic E-state index is 5.32. The van der Waals surface area contributed by atoms with Crippen LogP contribution in [0.2, 0.25) is 0 Å². The van der Waals surface area contributed by atoms with Crippen LogP contribution in [0.25, 0.3) is 0 Å². The molecule has 0 bridgehead atoms. The number of aliphatic imine (C=N–C) groups is 1. The van der Waals surface area contributed by atoms with Gasteiger partial charge in [0.05, 0.1) is 19.0 Å². The van der Waals surface area contributed by atoms with E-state index in [1.54, 1.807) is 25.7 Å². The Bertz CT molecular complexity index is 565. The maximum atomic E-state index is 5.32. The van der Waals surface area contributed by atoms with Crippen molar-refractivity contribution < 1.29 is 4.74 Å². The molecule has 0 aliphatic carbocycles. The summed E-state index contributed by atoms with van der Waals surface area (Å²) in [4.78, 5) is 12.8. The predicted octanol–water partition coefficient (Wildman–Crippen LogP) is 2.93. The molecule has 1 aromatic heterocycles. The Morgan fingerprint density at radius 3 is 2.78 bits per heavy atom. The van der Waals surface area contributed by atoms with E-state index in [-0.39, 0.29) is 0 Å². The molecule has 0 atom stereocenters. The van der Waals surface area contributed by atoms with Crippen LogP contribution in [0.1, 0.15) is 18.2 Å². The monoisotopic (exact) mass is 241 g/mol. The number of nitrogens with zero attached hydrogens (tertiary/aromatic N) is 3. The minimum atomic E-state index is 0.762. The van der Waals surface area contributed by atoms with Crippen molar-refractivity contribution in [2.45, 2.75) is 13.8 Å². The van der Waals surface area contributed by atoms with Crippen molar-refractivity contribution in [2.24, 2.45) is 4.99 Å². The summed E-state index contributed by atoms with van der Waals surface area (Å²) in [7, 11) is 1.64. The summed E-state index contributed by atoms with van der Waals surface area (Å²) in [5.41, 5.74) is 3.51. The maximum Gasteiger partial charge on any atom is 0.144 e. The molecule has 0 spiro atoms. The number of aromatic nitrogens is 2. The molecule has 0 amide bonds. The highest BCUT2D eigenvalue weighted by Gasteiger charge is 2.04. The molecule has 0 fully saturated rings. The Kier molecular flexibility index (Phi) is 3.67. The van der Waals surface area contributed by atoms with Crippen molar-refractivity contribution in [1.29, 1.82) is 0 Å². The molecule has 4 nitrogen and oxygen atoms in total. The topological polar surface area (TPSA) is 47.4 Å². The van der Waals surface area contributed by atoms with Gasteiger partial charge in [-0.2, -0.15) is 0 Å². The van der Waals surface area contributed by atoms with E-state index < -0.39 is 0 Å². The van der Waals surface area contributed by atoms with Crippen LogP contribution in [0.3, 0.4) is 0 Å². The second kappa shape index (κ2) is 5.40. The highest BCUT2D eigenvalue weighted by atomic mass is 16.5. The fourth-order valence-corrected chi connectivity index (χ4v) is 1.60. The lowest BCUT2D eigenvalue weighted by atomic mass is 10.2. The standard InChI is InChI=1S/C14H15N3O/c1-10-4-5-12(14(8-10)18-3)17-11(2)13-9-15-6-7-16-13/h4-9H,1-3H3. The van der Waals surface area contributed by atoms with Gasteiger partial charge in [-0.05, 0) is 31.5 Å². The normalized spacial score (nSPS) is 11.4. The lowest BCUT2D eigenvalue weighted by molar-refractivity contribution is 0.416. The van der Waals surface area contributed by atoms with E-state index in [0.717, 1.165) is 28.4 Å². The van der Waals surface area contributed by atoms with Gasteiger partial charge in [-0.25, -0.2) is 4.99 Å². The lowest BCUT2D eigenvalue weighted by Crippen LogP contribution is -1.98. The zero-order valence-electron chi connectivity index (χ0n) is 10.7. The molecule has 0 saturated carbocycles. The number of rotatable bonds is 3. The van der Waals surface area contributed by atoms with Crippen LogP contribution in [-0.2, 0) is 0 Å². The van der Waals surface area contributed by atoms with E-state index >= 15 is 0 Å². The Morgan fingerprint density at radius 1 is 1.28 bits per heavy atom. The Hall–Kier alpha value is -2.23. The van der Waals surface area contributed by atoms with Gasteiger partial charge < -0.3 is 4.74 Å². The van der Waals surface area contributed by atoms with Crippen molar-refractivity contribution in [3.8, 4) is 5.75 Å². The van der Waals surface area contributed by atoms with Crippen LogP contribution in [0.4, 0.5) is 5.69 Å². The molecule has 92 valence electrons. The van der Waals surface area contributed by atoms with Gasteiger partial charge in [0.2, 0.25) is 0 Å². The van der Waals surface area contributed by atoms with E-state index in [1.807, 2.05) is 32.0 Å². The first-order valence-corrected chi connectivity index (χ1v) is 5.67. The minimum Gasteiger partial charge on any atom is -0.494 e. The number of hydrogen-bond acceptors (Lipinski definition) is 4. The van der Waals surface area contributed by atoms with Gasteiger partial charge >= 0.3 is 0 Å². The van der Waals surface area contributed by atoms with Gasteiger partial charge in [0.25, 0.3) is 0 Å². The Balaban J connectivity index is 2.39. The van der Waals surface area contributed by atoms with E-state index in [2.05, 4.69) is 15.0 Å². The van der Waals surface area contributed by atoms with Crippen LogP contribution in [0.15, 0.2) is 41.8 Å². The highest BCUT2D eigenvalue weighted by molar-refractivity contribution is 5.98. The molecular weight excluding hydrogens is 226 g/mol. The van der Waals surface area contributed by atoms with Gasteiger partial charge in [-0.3, -0.25) is 9.97 Å². The van der Waals surface area contributed by atoms with Crippen molar-refractivity contribution in [1.82, 2.24) is 9.97 Å². The largest absolute Gasteiger partial charge is 0.494 e. The fraction of sp³-hybridized carbons (Fsp3) is 0.214. The van der Waals surface area contributed by atoms with Crippen LogP contribution >= 0.6 is 0 Å². The molecule has 1 heterocycles. The summed E-state index contributed by atoms with van der Waals surface area (Å²) in [6.07, 6.45) is 4.99. The van der Waals surface area contributed by atoms with Crippen molar-refractivity contribution in [2.75, 3.05) is 7.11 Å². The Morgan fingerprint density at radius 2 is 2.11 bits per heavy atom. The second-order valence-electron chi connectivity index (χ2n) is 3.96. The molecule has 0 N–H and O–H groups in total. The third-order valence-corrected chi connectivity index (χ3v) is 2.56. The quantitative estimate of drug-likeness (QED) is 0.776. The third-order valence-electron chi connectivity index (χ3n) is 2.56. The first-order valence-electron chi connectivity index (χ1n) is 5.67. The van der Waals surface area contributed by atoms with Gasteiger partial charge in [-0.15, -0.1) is 0 Å². The molecule has 0 saturated heterocycles. The first-order chi connectivity index (χ1) is 8.70. The number of benzene rings is 1. The summed E-state index contributed by atoms with van der Waals surface area (Å²) in [6, 6.07) is 5.90. The van der Waals surface area contributed by atoms with Crippen molar-refractivity contribution in [3.63, 3.8) is 0 Å². The summed E-state index contributed by atoms with van der Waals surface area (Å²) in [5, 5.41) is 0. The first kappa shape index (κ1) is 12.2.